The minimum atomic E-state index is -2.88. The fourth-order valence-electron chi connectivity index (χ4n) is 3.61. The summed E-state index contributed by atoms with van der Waals surface area (Å²) in [4.78, 5) is 29.3. The molecule has 0 saturated carbocycles. The van der Waals surface area contributed by atoms with Gasteiger partial charge in [0, 0.05) is 17.1 Å². The largest absolute Gasteiger partial charge is 0.470 e. The minimum absolute atomic E-state index is 0.0127. The van der Waals surface area contributed by atoms with Crippen molar-refractivity contribution < 1.29 is 27.5 Å². The van der Waals surface area contributed by atoms with Crippen LogP contribution in [0.5, 0.6) is 5.75 Å². The average Bonchev–Trinajstić information content (AvgIpc) is 3.65. The number of hydrogen-bond donors (Lipinski definition) is 2. The molecule has 0 aliphatic carbocycles. The number of thiophene rings is 1. The van der Waals surface area contributed by atoms with E-state index in [1.807, 2.05) is 0 Å². The van der Waals surface area contributed by atoms with Gasteiger partial charge in [-0.15, -0.1) is 11.3 Å². The molecule has 0 aliphatic rings. The predicted octanol–water partition coefficient (Wildman–Crippen LogP) is 6.38. The lowest BCUT2D eigenvalue weighted by Gasteiger charge is -2.09. The molecule has 5 aromatic rings. The van der Waals surface area contributed by atoms with Crippen molar-refractivity contribution >= 4 is 62.3 Å². The Morgan fingerprint density at radius 2 is 2.03 bits per heavy atom. The van der Waals surface area contributed by atoms with Crippen molar-refractivity contribution in [1.29, 1.82) is 0 Å². The van der Waals surface area contributed by atoms with Crippen molar-refractivity contribution in [3.05, 3.63) is 81.2 Å². The fraction of sp³-hybridized carbons (Fsp3) is 0.0833. The van der Waals surface area contributed by atoms with E-state index in [4.69, 9.17) is 38.1 Å². The Morgan fingerprint density at radius 1 is 1.21 bits per heavy atom. The fourth-order valence-corrected chi connectivity index (χ4v) is 4.97. The van der Waals surface area contributed by atoms with Crippen LogP contribution in [0.2, 0.25) is 10.0 Å². The normalized spacial score (nSPS) is 11.3. The zero-order chi connectivity index (χ0) is 27.0. The molecule has 38 heavy (non-hydrogen) atoms. The Bertz CT molecular complexity index is 1670. The highest BCUT2D eigenvalue weighted by Crippen LogP contribution is 2.42. The highest BCUT2D eigenvalue weighted by Gasteiger charge is 2.26. The lowest BCUT2D eigenvalue weighted by molar-refractivity contribution is 0.100. The number of ether oxygens (including phenoxy) is 1. The maximum absolute atomic E-state index is 13.5. The third kappa shape index (κ3) is 4.93. The number of nitrogens with two attached hydrogens (primary N) is 1. The highest BCUT2D eigenvalue weighted by molar-refractivity contribution is 7.21. The molecular weight excluding hydrogens is 563 g/mol. The molecule has 14 heteroatoms. The Balaban J connectivity index is 1.47. The standard InChI is InChI=1S/C24H15Cl2F2N5O4S/c25-12-3-1-4-16(18(12)26)37-10-33-7-6-13(32-33)23(35)31-19-17-11(15-5-2-8-36-15)9-14(21(27)28)30-24(17)38-20(19)22(29)34/h1-9,21H,10H2,(H2,29,34)(H,31,35). The quantitative estimate of drug-likeness (QED) is 0.220. The summed E-state index contributed by atoms with van der Waals surface area (Å²) >= 11 is 12.9. The van der Waals surface area contributed by atoms with E-state index in [0.29, 0.717) is 10.8 Å². The van der Waals surface area contributed by atoms with Crippen molar-refractivity contribution in [2.75, 3.05) is 5.32 Å². The van der Waals surface area contributed by atoms with Gasteiger partial charge in [0.1, 0.15) is 31.9 Å². The van der Waals surface area contributed by atoms with E-state index in [1.54, 1.807) is 30.3 Å². The SMILES string of the molecule is NC(=O)c1sc2nc(C(F)F)cc(-c3ccco3)c2c1NC(=O)c1ccn(COc2cccc(Cl)c2Cl)n1. The Morgan fingerprint density at radius 3 is 2.74 bits per heavy atom. The first-order chi connectivity index (χ1) is 18.2. The van der Waals surface area contributed by atoms with Crippen LogP contribution in [0.3, 0.4) is 0 Å². The number of alkyl halides is 2. The molecule has 0 bridgehead atoms. The van der Waals surface area contributed by atoms with Gasteiger partial charge in [0.2, 0.25) is 0 Å². The van der Waals surface area contributed by atoms with Crippen molar-refractivity contribution in [3.63, 3.8) is 0 Å². The van der Waals surface area contributed by atoms with Crippen LogP contribution in [0.1, 0.15) is 32.3 Å². The van der Waals surface area contributed by atoms with Gasteiger partial charge in [-0.25, -0.2) is 18.4 Å². The second-order valence-electron chi connectivity index (χ2n) is 7.74. The molecule has 0 fully saturated rings. The first-order valence-electron chi connectivity index (χ1n) is 10.7. The van der Waals surface area contributed by atoms with Crippen LogP contribution < -0.4 is 15.8 Å². The number of halogens is 4. The highest BCUT2D eigenvalue weighted by atomic mass is 35.5. The van der Waals surface area contributed by atoms with Gasteiger partial charge in [-0.1, -0.05) is 29.3 Å². The number of amides is 2. The van der Waals surface area contributed by atoms with E-state index in [2.05, 4.69) is 15.4 Å². The Hall–Kier alpha value is -4.00. The molecule has 5 rings (SSSR count). The molecule has 4 aromatic heterocycles. The number of aromatic nitrogens is 3. The van der Waals surface area contributed by atoms with E-state index in [0.717, 1.165) is 17.4 Å². The number of fused-ring (bicyclic) bond motifs is 1. The number of carbonyl (C=O) groups is 2. The maximum Gasteiger partial charge on any atom is 0.280 e. The molecule has 3 N–H and O–H groups in total. The topological polar surface area (TPSA) is 125 Å². The molecular formula is C24H15Cl2F2N5O4S. The molecule has 0 aliphatic heterocycles. The number of pyridine rings is 1. The van der Waals surface area contributed by atoms with Gasteiger partial charge in [-0.3, -0.25) is 9.59 Å². The number of nitrogens with one attached hydrogen (secondary N) is 1. The Labute approximate surface area is 226 Å². The summed E-state index contributed by atoms with van der Waals surface area (Å²) in [6, 6.07) is 10.6. The van der Waals surface area contributed by atoms with Crippen LogP contribution in [0, 0.1) is 0 Å². The zero-order valence-electron chi connectivity index (χ0n) is 19.0. The minimum Gasteiger partial charge on any atom is -0.470 e. The number of nitrogens with zero attached hydrogens (tertiary/aromatic N) is 3. The number of benzene rings is 1. The number of hydrogen-bond acceptors (Lipinski definition) is 7. The lowest BCUT2D eigenvalue weighted by Crippen LogP contribution is -2.17. The molecule has 2 amide bonds. The summed E-state index contributed by atoms with van der Waals surface area (Å²) < 4.78 is 39.5. The van der Waals surface area contributed by atoms with Crippen LogP contribution >= 0.6 is 34.5 Å². The van der Waals surface area contributed by atoms with Crippen LogP contribution in [-0.2, 0) is 6.73 Å². The number of rotatable bonds is 8. The number of primary amides is 1. The molecule has 0 radical (unpaired) electrons. The van der Waals surface area contributed by atoms with Crippen LogP contribution in [-0.4, -0.2) is 26.6 Å². The summed E-state index contributed by atoms with van der Waals surface area (Å²) in [5.74, 6) is -0.984. The smallest absolute Gasteiger partial charge is 0.280 e. The third-order valence-corrected chi connectivity index (χ3v) is 7.20. The van der Waals surface area contributed by atoms with Crippen molar-refractivity contribution in [2.45, 2.75) is 13.2 Å². The second kappa shape index (κ2) is 10.4. The number of carbonyl (C=O) groups excluding carboxylic acids is 2. The average molecular weight is 578 g/mol. The summed E-state index contributed by atoms with van der Waals surface area (Å²) in [6.45, 7) is -0.0791. The van der Waals surface area contributed by atoms with E-state index >= 15 is 0 Å². The molecule has 4 heterocycles. The van der Waals surface area contributed by atoms with Crippen molar-refractivity contribution in [1.82, 2.24) is 14.8 Å². The predicted molar refractivity (Wildman–Crippen MR) is 138 cm³/mol. The maximum atomic E-state index is 13.5. The second-order valence-corrected chi connectivity index (χ2v) is 9.53. The van der Waals surface area contributed by atoms with Crippen molar-refractivity contribution in [2.24, 2.45) is 5.73 Å². The van der Waals surface area contributed by atoms with Gasteiger partial charge in [0.25, 0.3) is 18.2 Å². The molecule has 9 nitrogen and oxygen atoms in total. The van der Waals surface area contributed by atoms with E-state index in [9.17, 15) is 18.4 Å². The van der Waals surface area contributed by atoms with Gasteiger partial charge in [0.05, 0.1) is 17.0 Å². The summed E-state index contributed by atoms with van der Waals surface area (Å²) in [7, 11) is 0. The van der Waals surface area contributed by atoms with Gasteiger partial charge >= 0.3 is 0 Å². The molecule has 0 unspecified atom stereocenters. The monoisotopic (exact) mass is 577 g/mol. The van der Waals surface area contributed by atoms with E-state index < -0.39 is 23.9 Å². The third-order valence-electron chi connectivity index (χ3n) is 5.30. The van der Waals surface area contributed by atoms with Gasteiger partial charge < -0.3 is 20.2 Å². The lowest BCUT2D eigenvalue weighted by atomic mass is 10.1. The van der Waals surface area contributed by atoms with Crippen LogP contribution in [0.15, 0.2) is 59.3 Å². The number of anilines is 1. The van der Waals surface area contributed by atoms with Gasteiger partial charge in [-0.05, 0) is 36.4 Å². The summed E-state index contributed by atoms with van der Waals surface area (Å²) in [6.07, 6.45) is -0.00818. The number of furan rings is 1. The molecule has 1 aromatic carbocycles. The first-order valence-corrected chi connectivity index (χ1v) is 12.3. The summed E-state index contributed by atoms with van der Waals surface area (Å²) in [5.41, 5.74) is 5.24. The van der Waals surface area contributed by atoms with Crippen molar-refractivity contribution in [3.8, 4) is 17.1 Å². The van der Waals surface area contributed by atoms with Gasteiger partial charge in [-0.2, -0.15) is 5.10 Å². The molecule has 0 saturated heterocycles. The van der Waals surface area contributed by atoms with Crippen LogP contribution in [0.25, 0.3) is 21.5 Å². The van der Waals surface area contributed by atoms with E-state index in [1.165, 1.54) is 23.2 Å². The zero-order valence-corrected chi connectivity index (χ0v) is 21.3. The summed E-state index contributed by atoms with van der Waals surface area (Å²) in [5, 5.41) is 7.60. The first kappa shape index (κ1) is 25.6. The molecule has 194 valence electrons. The molecule has 0 atom stereocenters. The molecule has 0 spiro atoms. The van der Waals surface area contributed by atoms with Crippen LogP contribution in [0.4, 0.5) is 14.5 Å². The Kier molecular flexibility index (Phi) is 7.02. The van der Waals surface area contributed by atoms with Gasteiger partial charge in [0.15, 0.2) is 12.4 Å². The van der Waals surface area contributed by atoms with E-state index in [-0.39, 0.29) is 49.6 Å².